The molecule has 0 aliphatic heterocycles. The third-order valence-corrected chi connectivity index (χ3v) is 7.10. The zero-order valence-electron chi connectivity index (χ0n) is 18.6. The van der Waals surface area contributed by atoms with Gasteiger partial charge in [-0.05, 0) is 40.0 Å². The van der Waals surface area contributed by atoms with E-state index in [1.807, 2.05) is 6.26 Å². The first-order valence-corrected chi connectivity index (χ1v) is 13.5. The average Bonchev–Trinajstić information content (AvgIpc) is 3.01. The molecule has 1 unspecified atom stereocenters. The number of carbonyl (C=O) groups excluding carboxylic acids is 2. The lowest BCUT2D eigenvalue weighted by Crippen LogP contribution is -2.44. The summed E-state index contributed by atoms with van der Waals surface area (Å²) >= 11 is 2.62. The molecule has 1 atom stereocenters. The minimum Gasteiger partial charge on any atom is -0.443 e. The minimum atomic E-state index is -3.44. The van der Waals surface area contributed by atoms with Crippen LogP contribution in [0.1, 0.15) is 33.4 Å². The highest BCUT2D eigenvalue weighted by atomic mass is 32.2. The summed E-state index contributed by atoms with van der Waals surface area (Å²) in [7, 11) is -3.44. The van der Waals surface area contributed by atoms with Gasteiger partial charge in [-0.1, -0.05) is 18.3 Å². The summed E-state index contributed by atoms with van der Waals surface area (Å²) in [5, 5.41) is 0.788. The van der Waals surface area contributed by atoms with E-state index in [0.29, 0.717) is 27.0 Å². The molecule has 0 aliphatic carbocycles. The second kappa shape index (κ2) is 9.66. The molecule has 0 saturated heterocycles. The van der Waals surface area contributed by atoms with Crippen molar-refractivity contribution in [3.05, 3.63) is 24.2 Å². The Labute approximate surface area is 191 Å². The number of imide groups is 1. The maximum absolute atomic E-state index is 13.1. The fraction of sp³-hybridized carbons (Fsp3) is 0.500. The van der Waals surface area contributed by atoms with Gasteiger partial charge in [-0.2, -0.15) is 11.8 Å². The number of rotatable bonds is 6. The molecule has 0 spiro atoms. The Morgan fingerprint density at radius 1 is 1.29 bits per heavy atom. The van der Waals surface area contributed by atoms with Gasteiger partial charge in [-0.25, -0.2) is 23.1 Å². The number of aromatic nitrogens is 2. The van der Waals surface area contributed by atoms with Gasteiger partial charge in [-0.15, -0.1) is 0 Å². The molecule has 8 nitrogen and oxygen atoms in total. The first kappa shape index (κ1) is 25.3. The molecule has 0 bridgehead atoms. The first-order valence-electron chi connectivity index (χ1n) is 9.43. The maximum atomic E-state index is 13.1. The molecule has 2 aromatic rings. The molecule has 11 heteroatoms. The number of pyridine rings is 1. The standard InChI is InChI=1S/C20H27N3O5S3/c1-12(11-29-6)17(24)23(19(25)28-20(3,4)5)18-13(2)22-16(30-18)14-8-15(10-21-9-14)31(7,26)27/h8-10,12H,11H2,1-7H3. The van der Waals surface area contributed by atoms with Gasteiger partial charge in [0.25, 0.3) is 0 Å². The van der Waals surface area contributed by atoms with E-state index < -0.39 is 27.4 Å². The highest BCUT2D eigenvalue weighted by Crippen LogP contribution is 2.36. The van der Waals surface area contributed by atoms with Crippen LogP contribution < -0.4 is 4.90 Å². The molecule has 0 saturated carbocycles. The molecule has 0 aromatic carbocycles. The number of sulfone groups is 1. The summed E-state index contributed by atoms with van der Waals surface area (Å²) in [5.74, 6) is -0.254. The van der Waals surface area contributed by atoms with Gasteiger partial charge in [0.1, 0.15) is 15.6 Å². The second-order valence-corrected chi connectivity index (χ2v) is 12.0. The van der Waals surface area contributed by atoms with Crippen LogP contribution in [0, 0.1) is 12.8 Å². The summed E-state index contributed by atoms with van der Waals surface area (Å²) in [4.78, 5) is 35.7. The molecular formula is C20H27N3O5S3. The van der Waals surface area contributed by atoms with Crippen molar-refractivity contribution in [1.29, 1.82) is 0 Å². The number of aryl methyl sites for hydroxylation is 1. The summed E-state index contributed by atoms with van der Waals surface area (Å²) in [6.45, 7) is 8.63. The lowest BCUT2D eigenvalue weighted by molar-refractivity contribution is -0.121. The Morgan fingerprint density at radius 2 is 1.94 bits per heavy atom. The molecule has 2 rings (SSSR count). The molecule has 2 heterocycles. The van der Waals surface area contributed by atoms with Crippen LogP contribution in [0.15, 0.2) is 23.4 Å². The molecule has 2 aromatic heterocycles. The number of nitrogens with zero attached hydrogens (tertiary/aromatic N) is 3. The van der Waals surface area contributed by atoms with Crippen LogP contribution in [-0.2, 0) is 19.4 Å². The number of carbonyl (C=O) groups is 2. The van der Waals surface area contributed by atoms with Crippen LogP contribution in [0.5, 0.6) is 0 Å². The third kappa shape index (κ3) is 6.50. The number of amides is 2. The van der Waals surface area contributed by atoms with E-state index in [4.69, 9.17) is 4.74 Å². The summed E-state index contributed by atoms with van der Waals surface area (Å²) < 4.78 is 29.2. The zero-order chi connectivity index (χ0) is 23.6. The zero-order valence-corrected chi connectivity index (χ0v) is 21.1. The highest BCUT2D eigenvalue weighted by Gasteiger charge is 2.34. The number of thiazole rings is 1. The lowest BCUT2D eigenvalue weighted by atomic mass is 10.2. The fourth-order valence-corrected chi connectivity index (χ4v) is 4.86. The molecule has 31 heavy (non-hydrogen) atoms. The number of hydrogen-bond acceptors (Lipinski definition) is 9. The average molecular weight is 486 g/mol. The molecule has 0 N–H and O–H groups in total. The molecule has 170 valence electrons. The van der Waals surface area contributed by atoms with Gasteiger partial charge >= 0.3 is 6.09 Å². The lowest BCUT2D eigenvalue weighted by Gasteiger charge is -2.27. The van der Waals surface area contributed by atoms with Gasteiger partial charge in [0.15, 0.2) is 9.84 Å². The van der Waals surface area contributed by atoms with Crippen molar-refractivity contribution in [3.8, 4) is 10.6 Å². The van der Waals surface area contributed by atoms with Crippen molar-refractivity contribution in [3.63, 3.8) is 0 Å². The monoisotopic (exact) mass is 485 g/mol. The predicted molar refractivity (Wildman–Crippen MR) is 124 cm³/mol. The summed E-state index contributed by atoms with van der Waals surface area (Å²) in [6, 6.07) is 1.47. The van der Waals surface area contributed by atoms with Crippen LogP contribution in [0.25, 0.3) is 10.6 Å². The Bertz CT molecular complexity index is 1070. The summed E-state index contributed by atoms with van der Waals surface area (Å²) in [6.07, 6.45) is 4.97. The number of thioether (sulfide) groups is 1. The van der Waals surface area contributed by atoms with Crippen LogP contribution in [0.4, 0.5) is 9.80 Å². The number of anilines is 1. The predicted octanol–water partition coefficient (Wildman–Crippen LogP) is 4.18. The van der Waals surface area contributed by atoms with E-state index in [2.05, 4.69) is 9.97 Å². The smallest absolute Gasteiger partial charge is 0.422 e. The molecular weight excluding hydrogens is 458 g/mol. The largest absolute Gasteiger partial charge is 0.443 e. The van der Waals surface area contributed by atoms with Crippen molar-refractivity contribution in [1.82, 2.24) is 9.97 Å². The normalized spacial score (nSPS) is 13.0. The van der Waals surface area contributed by atoms with Crippen LogP contribution in [0.2, 0.25) is 0 Å². The van der Waals surface area contributed by atoms with Crippen molar-refractivity contribution >= 4 is 49.9 Å². The van der Waals surface area contributed by atoms with E-state index in [9.17, 15) is 18.0 Å². The second-order valence-electron chi connectivity index (χ2n) is 8.10. The van der Waals surface area contributed by atoms with Crippen molar-refractivity contribution < 1.29 is 22.7 Å². The number of hydrogen-bond donors (Lipinski definition) is 0. The Kier molecular flexibility index (Phi) is 7.88. The van der Waals surface area contributed by atoms with E-state index in [1.165, 1.54) is 30.2 Å². The minimum absolute atomic E-state index is 0.0630. The fourth-order valence-electron chi connectivity index (χ4n) is 2.58. The molecule has 2 amide bonds. The first-order chi connectivity index (χ1) is 14.2. The molecule has 0 radical (unpaired) electrons. The van der Waals surface area contributed by atoms with Crippen LogP contribution >= 0.6 is 23.1 Å². The highest BCUT2D eigenvalue weighted by molar-refractivity contribution is 7.98. The van der Waals surface area contributed by atoms with Crippen molar-refractivity contribution in [2.75, 3.05) is 23.2 Å². The van der Waals surface area contributed by atoms with Gasteiger partial charge < -0.3 is 4.74 Å². The Hall–Kier alpha value is -1.98. The van der Waals surface area contributed by atoms with E-state index in [-0.39, 0.29) is 10.8 Å². The molecule has 0 aliphatic rings. The topological polar surface area (TPSA) is 107 Å². The van der Waals surface area contributed by atoms with E-state index >= 15 is 0 Å². The summed E-state index contributed by atoms with van der Waals surface area (Å²) in [5.41, 5.74) is 0.157. The Balaban J connectivity index is 2.54. The van der Waals surface area contributed by atoms with Crippen molar-refractivity contribution in [2.45, 2.75) is 45.1 Å². The Morgan fingerprint density at radius 3 is 2.48 bits per heavy atom. The van der Waals surface area contributed by atoms with E-state index in [1.54, 1.807) is 34.6 Å². The van der Waals surface area contributed by atoms with Crippen LogP contribution in [-0.4, -0.2) is 54.3 Å². The quantitative estimate of drug-likeness (QED) is 0.600. The van der Waals surface area contributed by atoms with Gasteiger partial charge in [0.05, 0.1) is 10.6 Å². The van der Waals surface area contributed by atoms with Gasteiger partial charge in [-0.3, -0.25) is 9.78 Å². The van der Waals surface area contributed by atoms with Crippen LogP contribution in [0.3, 0.4) is 0 Å². The number of ether oxygens (including phenoxy) is 1. The van der Waals surface area contributed by atoms with Gasteiger partial charge in [0.2, 0.25) is 5.91 Å². The SMILES string of the molecule is CSCC(C)C(=O)N(C(=O)OC(C)(C)C)c1sc(-c2cncc(S(C)(=O)=O)c2)nc1C. The molecule has 0 fully saturated rings. The van der Waals surface area contributed by atoms with Gasteiger partial charge in [0, 0.05) is 35.9 Å². The van der Waals surface area contributed by atoms with Crippen molar-refractivity contribution in [2.24, 2.45) is 5.92 Å². The van der Waals surface area contributed by atoms with E-state index in [0.717, 1.165) is 22.5 Å². The maximum Gasteiger partial charge on any atom is 0.422 e. The third-order valence-electron chi connectivity index (χ3n) is 4.00.